The van der Waals surface area contributed by atoms with Crippen molar-refractivity contribution in [3.63, 3.8) is 0 Å². The lowest BCUT2D eigenvalue weighted by Crippen LogP contribution is -2.64. The summed E-state index contributed by atoms with van der Waals surface area (Å²) in [6.45, 7) is 2.35. The average molecular weight is 480 g/mol. The monoisotopic (exact) mass is 479 g/mol. The summed E-state index contributed by atoms with van der Waals surface area (Å²) in [5.41, 5.74) is 0.124. The van der Waals surface area contributed by atoms with Crippen molar-refractivity contribution in [2.75, 3.05) is 14.2 Å². The molecule has 0 bridgehead atoms. The van der Waals surface area contributed by atoms with Crippen LogP contribution in [0.5, 0.6) is 11.5 Å². The third kappa shape index (κ3) is 4.05. The van der Waals surface area contributed by atoms with Gasteiger partial charge in [0.05, 0.1) is 39.1 Å². The van der Waals surface area contributed by atoms with Gasteiger partial charge in [-0.05, 0) is 50.1 Å². The number of methoxy groups -OCH3 is 2. The zero-order valence-electron chi connectivity index (χ0n) is 20.6. The van der Waals surface area contributed by atoms with Gasteiger partial charge in [-0.1, -0.05) is 25.7 Å². The third-order valence-corrected chi connectivity index (χ3v) is 7.52. The number of furan rings is 1. The molecule has 3 heterocycles. The molecule has 8 heteroatoms. The number of aromatic nitrogens is 1. The predicted octanol–water partition coefficient (Wildman–Crippen LogP) is 4.51. The first-order valence-corrected chi connectivity index (χ1v) is 12.4. The van der Waals surface area contributed by atoms with Gasteiger partial charge in [-0.15, -0.1) is 0 Å². The fraction of sp³-hybridized carbons (Fsp3) is 0.481. The van der Waals surface area contributed by atoms with Crippen molar-refractivity contribution >= 4 is 22.7 Å². The van der Waals surface area contributed by atoms with Crippen LogP contribution in [0.2, 0.25) is 0 Å². The first kappa shape index (κ1) is 23.3. The zero-order valence-corrected chi connectivity index (χ0v) is 20.6. The standard InChI is InChI=1S/C27H33N3O5/c1-27(26(32)28-18-9-6-4-5-7-10-18)17-29-21(25(31)30(27)16-19-11-8-14-35-19)15-20-22(33-2)12-13-23(34-3)24(20)29/h8,11-15,18H,4-7,9-10,16-17H2,1-3H3,(H,28,32). The van der Waals surface area contributed by atoms with Crippen LogP contribution in [0.1, 0.15) is 61.7 Å². The number of fused-ring (bicyclic) bond motifs is 3. The highest BCUT2D eigenvalue weighted by Gasteiger charge is 2.48. The second-order valence-corrected chi connectivity index (χ2v) is 9.75. The van der Waals surface area contributed by atoms with E-state index in [-0.39, 0.29) is 24.4 Å². The summed E-state index contributed by atoms with van der Waals surface area (Å²) < 4.78 is 18.7. The molecule has 1 aliphatic heterocycles. The van der Waals surface area contributed by atoms with Gasteiger partial charge < -0.3 is 28.7 Å². The van der Waals surface area contributed by atoms with Crippen molar-refractivity contribution in [1.82, 2.24) is 14.8 Å². The molecule has 2 aliphatic rings. The van der Waals surface area contributed by atoms with Crippen LogP contribution in [0, 0.1) is 0 Å². The quantitative estimate of drug-likeness (QED) is 0.526. The smallest absolute Gasteiger partial charge is 0.271 e. The molecule has 8 nitrogen and oxygen atoms in total. The Hall–Kier alpha value is -3.42. The van der Waals surface area contributed by atoms with Crippen molar-refractivity contribution in [1.29, 1.82) is 0 Å². The van der Waals surface area contributed by atoms with Gasteiger partial charge in [0.25, 0.3) is 5.91 Å². The number of rotatable bonds is 6. The van der Waals surface area contributed by atoms with Gasteiger partial charge in [-0.3, -0.25) is 9.59 Å². The van der Waals surface area contributed by atoms with Gasteiger partial charge in [0.1, 0.15) is 28.5 Å². The van der Waals surface area contributed by atoms with E-state index in [9.17, 15) is 9.59 Å². The van der Waals surface area contributed by atoms with E-state index < -0.39 is 5.54 Å². The highest BCUT2D eigenvalue weighted by Crippen LogP contribution is 2.40. The highest BCUT2D eigenvalue weighted by molar-refractivity contribution is 6.05. The Morgan fingerprint density at radius 3 is 2.49 bits per heavy atom. The Labute approximate surface area is 205 Å². The van der Waals surface area contributed by atoms with Gasteiger partial charge in [0.2, 0.25) is 5.91 Å². The minimum absolute atomic E-state index is 0.125. The van der Waals surface area contributed by atoms with Crippen LogP contribution in [-0.2, 0) is 17.9 Å². The topological polar surface area (TPSA) is 85.9 Å². The summed E-state index contributed by atoms with van der Waals surface area (Å²) >= 11 is 0. The molecule has 3 aromatic rings. The lowest BCUT2D eigenvalue weighted by Gasteiger charge is -2.44. The summed E-state index contributed by atoms with van der Waals surface area (Å²) in [4.78, 5) is 29.6. The second kappa shape index (κ2) is 9.32. The van der Waals surface area contributed by atoms with Gasteiger partial charge >= 0.3 is 0 Å². The molecule has 2 aromatic heterocycles. The minimum Gasteiger partial charge on any atom is -0.496 e. The molecular weight excluding hydrogens is 446 g/mol. The van der Waals surface area contributed by atoms with Crippen molar-refractivity contribution in [3.8, 4) is 11.5 Å². The zero-order chi connectivity index (χ0) is 24.6. The van der Waals surface area contributed by atoms with Gasteiger partial charge in [0.15, 0.2) is 0 Å². The Bertz CT molecular complexity index is 1220. The number of amides is 2. The summed E-state index contributed by atoms with van der Waals surface area (Å²) in [6.07, 6.45) is 8.15. The van der Waals surface area contributed by atoms with Crippen LogP contribution in [0.3, 0.4) is 0 Å². The van der Waals surface area contributed by atoms with E-state index in [1.807, 2.05) is 35.8 Å². The van der Waals surface area contributed by atoms with Gasteiger partial charge in [0, 0.05) is 11.4 Å². The minimum atomic E-state index is -1.12. The molecule has 0 spiro atoms. The van der Waals surface area contributed by atoms with E-state index in [2.05, 4.69) is 5.32 Å². The number of carbonyl (C=O) groups is 2. The largest absolute Gasteiger partial charge is 0.496 e. The normalized spacial score (nSPS) is 21.0. The number of ether oxygens (including phenoxy) is 2. The molecule has 0 radical (unpaired) electrons. The number of hydrogen-bond donors (Lipinski definition) is 1. The number of hydrogen-bond acceptors (Lipinski definition) is 5. The van der Waals surface area contributed by atoms with E-state index in [0.29, 0.717) is 29.5 Å². The molecule has 1 aromatic carbocycles. The number of carbonyl (C=O) groups excluding carboxylic acids is 2. The van der Waals surface area contributed by atoms with Crippen molar-refractivity contribution in [2.45, 2.75) is 70.1 Å². The molecule has 1 fully saturated rings. The lowest BCUT2D eigenvalue weighted by molar-refractivity contribution is -0.134. The van der Waals surface area contributed by atoms with E-state index in [0.717, 1.165) is 36.6 Å². The van der Waals surface area contributed by atoms with Crippen LogP contribution in [0.25, 0.3) is 10.9 Å². The molecule has 186 valence electrons. The van der Waals surface area contributed by atoms with Crippen molar-refractivity contribution in [3.05, 3.63) is 48.0 Å². The summed E-state index contributed by atoms with van der Waals surface area (Å²) in [7, 11) is 3.21. The van der Waals surface area contributed by atoms with Crippen LogP contribution < -0.4 is 14.8 Å². The number of nitrogens with one attached hydrogen (secondary N) is 1. The van der Waals surface area contributed by atoms with E-state index >= 15 is 0 Å². The van der Waals surface area contributed by atoms with E-state index in [1.165, 1.54) is 12.8 Å². The maximum atomic E-state index is 14.0. The molecule has 1 saturated carbocycles. The molecule has 35 heavy (non-hydrogen) atoms. The van der Waals surface area contributed by atoms with E-state index in [4.69, 9.17) is 13.9 Å². The molecule has 1 atom stereocenters. The second-order valence-electron chi connectivity index (χ2n) is 9.75. The lowest BCUT2D eigenvalue weighted by atomic mass is 9.93. The fourth-order valence-corrected chi connectivity index (χ4v) is 5.53. The summed E-state index contributed by atoms with van der Waals surface area (Å²) in [5.74, 6) is 1.54. The number of benzene rings is 1. The maximum absolute atomic E-state index is 14.0. The third-order valence-electron chi connectivity index (χ3n) is 7.52. The SMILES string of the molecule is COc1ccc(OC)c2c1cc1n2CC(C)(C(=O)NC2CCCCCC2)N(Cc2ccco2)C1=O. The van der Waals surface area contributed by atoms with Crippen molar-refractivity contribution < 1.29 is 23.5 Å². The van der Waals surface area contributed by atoms with E-state index in [1.54, 1.807) is 31.4 Å². The Morgan fingerprint density at radius 1 is 1.11 bits per heavy atom. The Morgan fingerprint density at radius 2 is 1.83 bits per heavy atom. The molecular formula is C27H33N3O5. The Kier molecular flexibility index (Phi) is 6.21. The first-order chi connectivity index (χ1) is 17.0. The molecule has 2 amide bonds. The molecule has 1 unspecified atom stereocenters. The maximum Gasteiger partial charge on any atom is 0.271 e. The fourth-order valence-electron chi connectivity index (χ4n) is 5.53. The van der Waals surface area contributed by atoms with Gasteiger partial charge in [-0.2, -0.15) is 0 Å². The summed E-state index contributed by atoms with van der Waals surface area (Å²) in [5, 5.41) is 4.07. The van der Waals surface area contributed by atoms with Crippen molar-refractivity contribution in [2.24, 2.45) is 0 Å². The Balaban J connectivity index is 1.60. The predicted molar refractivity (Wildman–Crippen MR) is 132 cm³/mol. The first-order valence-electron chi connectivity index (χ1n) is 12.4. The van der Waals surface area contributed by atoms with Crippen LogP contribution in [0.4, 0.5) is 0 Å². The molecule has 5 rings (SSSR count). The number of nitrogens with zero attached hydrogens (tertiary/aromatic N) is 2. The molecule has 1 aliphatic carbocycles. The summed E-state index contributed by atoms with van der Waals surface area (Å²) in [6, 6.07) is 9.23. The van der Waals surface area contributed by atoms with Crippen LogP contribution >= 0.6 is 0 Å². The van der Waals surface area contributed by atoms with Gasteiger partial charge in [-0.25, -0.2) is 0 Å². The molecule has 0 saturated heterocycles. The highest BCUT2D eigenvalue weighted by atomic mass is 16.5. The van der Waals surface area contributed by atoms with Crippen LogP contribution in [-0.4, -0.2) is 47.1 Å². The molecule has 1 N–H and O–H groups in total. The van der Waals surface area contributed by atoms with Crippen LogP contribution in [0.15, 0.2) is 41.0 Å². The average Bonchev–Trinajstić information content (AvgIpc) is 3.43.